The van der Waals surface area contributed by atoms with Crippen molar-refractivity contribution in [1.82, 2.24) is 0 Å². The topological polar surface area (TPSA) is 29.1 Å². The Morgan fingerprint density at radius 1 is 1.41 bits per heavy atom. The maximum atomic E-state index is 11.9. The summed E-state index contributed by atoms with van der Waals surface area (Å²) in [6.45, 7) is 0. The molecule has 92 valence electrons. The fourth-order valence-corrected chi connectivity index (χ4v) is 3.28. The lowest BCUT2D eigenvalue weighted by atomic mass is 10.0. The van der Waals surface area contributed by atoms with Crippen LogP contribution in [0.3, 0.4) is 0 Å². The van der Waals surface area contributed by atoms with Gasteiger partial charge in [0.05, 0.1) is 5.69 Å². The number of amides is 1. The molecule has 1 fully saturated rings. The molecule has 1 aromatic rings. The van der Waals surface area contributed by atoms with Crippen molar-refractivity contribution < 1.29 is 4.79 Å². The molecule has 0 heterocycles. The maximum Gasteiger partial charge on any atom is 0.224 e. The van der Waals surface area contributed by atoms with Gasteiger partial charge in [-0.15, -0.1) is 0 Å². The van der Waals surface area contributed by atoms with Gasteiger partial charge in [0.15, 0.2) is 0 Å². The third kappa shape index (κ3) is 3.85. The Kier molecular flexibility index (Phi) is 4.68. The lowest BCUT2D eigenvalue weighted by Gasteiger charge is -2.11. The molecule has 2 nitrogen and oxygen atoms in total. The molecule has 0 aromatic heterocycles. The first-order chi connectivity index (χ1) is 8.15. The molecule has 1 aliphatic rings. The first kappa shape index (κ1) is 13.1. The quantitative estimate of drug-likeness (QED) is 0.789. The van der Waals surface area contributed by atoms with E-state index in [1.807, 2.05) is 12.1 Å². The summed E-state index contributed by atoms with van der Waals surface area (Å²) in [5.41, 5.74) is 0.859. The van der Waals surface area contributed by atoms with Crippen LogP contribution in [0.1, 0.15) is 32.1 Å². The second-order valence-electron chi connectivity index (χ2n) is 4.53. The Balaban J connectivity index is 1.93. The monoisotopic (exact) mass is 363 g/mol. The van der Waals surface area contributed by atoms with Crippen LogP contribution in [0, 0.1) is 9.49 Å². The summed E-state index contributed by atoms with van der Waals surface area (Å²) in [7, 11) is 0. The van der Waals surface area contributed by atoms with E-state index in [2.05, 4.69) is 27.9 Å². The predicted molar refractivity (Wildman–Crippen MR) is 79.4 cm³/mol. The van der Waals surface area contributed by atoms with Crippen LogP contribution in [0.15, 0.2) is 18.2 Å². The van der Waals surface area contributed by atoms with Crippen molar-refractivity contribution in [3.8, 4) is 0 Å². The van der Waals surface area contributed by atoms with Crippen LogP contribution in [-0.4, -0.2) is 5.91 Å². The van der Waals surface area contributed by atoms with Crippen LogP contribution in [0.4, 0.5) is 5.69 Å². The smallest absolute Gasteiger partial charge is 0.224 e. The molecule has 0 radical (unpaired) electrons. The molecule has 4 heteroatoms. The van der Waals surface area contributed by atoms with Gasteiger partial charge in [0, 0.05) is 15.0 Å². The van der Waals surface area contributed by atoms with Crippen molar-refractivity contribution in [2.45, 2.75) is 32.1 Å². The normalized spacial score (nSPS) is 16.1. The zero-order valence-corrected chi connectivity index (χ0v) is 12.4. The van der Waals surface area contributed by atoms with Gasteiger partial charge in [-0.3, -0.25) is 4.79 Å². The van der Waals surface area contributed by atoms with Crippen LogP contribution in [-0.2, 0) is 4.79 Å². The molecule has 0 unspecified atom stereocenters. The Morgan fingerprint density at radius 2 is 2.12 bits per heavy atom. The van der Waals surface area contributed by atoms with Gasteiger partial charge in [0.1, 0.15) is 0 Å². The van der Waals surface area contributed by atoms with Gasteiger partial charge in [-0.1, -0.05) is 24.4 Å². The van der Waals surface area contributed by atoms with Gasteiger partial charge in [0.2, 0.25) is 5.91 Å². The minimum atomic E-state index is 0.122. The fourth-order valence-electron chi connectivity index (χ4n) is 2.27. The van der Waals surface area contributed by atoms with E-state index in [-0.39, 0.29) is 5.91 Å². The molecule has 0 atom stereocenters. The summed E-state index contributed by atoms with van der Waals surface area (Å²) in [6.07, 6.45) is 5.60. The number of carbonyl (C=O) groups is 1. The number of hydrogen-bond acceptors (Lipinski definition) is 1. The fraction of sp³-hybridized carbons (Fsp3) is 0.462. The molecule has 2 rings (SSSR count). The van der Waals surface area contributed by atoms with E-state index in [1.54, 1.807) is 6.07 Å². The summed E-state index contributed by atoms with van der Waals surface area (Å²) < 4.78 is 0.981. The van der Waals surface area contributed by atoms with Gasteiger partial charge < -0.3 is 5.32 Å². The Morgan fingerprint density at radius 3 is 2.76 bits per heavy atom. The molecule has 0 aliphatic heterocycles. The molecule has 1 saturated carbocycles. The van der Waals surface area contributed by atoms with E-state index >= 15 is 0 Å². The Hall–Kier alpha value is -0.290. The van der Waals surface area contributed by atoms with Crippen molar-refractivity contribution in [2.75, 3.05) is 5.32 Å². The molecule has 0 bridgehead atoms. The number of carbonyl (C=O) groups excluding carboxylic acids is 1. The van der Waals surface area contributed by atoms with Crippen molar-refractivity contribution in [3.05, 3.63) is 26.8 Å². The van der Waals surface area contributed by atoms with Gasteiger partial charge >= 0.3 is 0 Å². The summed E-state index contributed by atoms with van der Waals surface area (Å²) in [5.74, 6) is 0.706. The van der Waals surface area contributed by atoms with E-state index in [1.165, 1.54) is 25.7 Å². The second-order valence-corrected chi connectivity index (χ2v) is 6.13. The average molecular weight is 364 g/mol. The van der Waals surface area contributed by atoms with E-state index in [9.17, 15) is 4.79 Å². The van der Waals surface area contributed by atoms with Gasteiger partial charge in [-0.2, -0.15) is 0 Å². The second kappa shape index (κ2) is 6.05. The third-order valence-corrected chi connectivity index (χ3v) is 4.28. The summed E-state index contributed by atoms with van der Waals surface area (Å²) in [5, 5.41) is 3.66. The maximum absolute atomic E-state index is 11.9. The zero-order valence-electron chi connectivity index (χ0n) is 9.51. The molecule has 0 saturated heterocycles. The van der Waals surface area contributed by atoms with Gasteiger partial charge in [-0.25, -0.2) is 0 Å². The van der Waals surface area contributed by atoms with Crippen molar-refractivity contribution in [3.63, 3.8) is 0 Å². The van der Waals surface area contributed by atoms with Gasteiger partial charge in [0.25, 0.3) is 0 Å². The number of rotatable bonds is 3. The van der Waals surface area contributed by atoms with Crippen molar-refractivity contribution in [1.29, 1.82) is 0 Å². The largest absolute Gasteiger partial charge is 0.325 e. The molecule has 1 N–H and O–H groups in total. The molecular weight excluding hydrogens is 349 g/mol. The first-order valence-corrected chi connectivity index (χ1v) is 7.36. The summed E-state index contributed by atoms with van der Waals surface area (Å²) in [4.78, 5) is 11.9. The summed E-state index contributed by atoms with van der Waals surface area (Å²) in [6, 6.07) is 5.51. The van der Waals surface area contributed by atoms with Crippen LogP contribution in [0.5, 0.6) is 0 Å². The van der Waals surface area contributed by atoms with Crippen LogP contribution in [0.2, 0.25) is 5.02 Å². The van der Waals surface area contributed by atoms with Crippen LogP contribution in [0.25, 0.3) is 0 Å². The van der Waals surface area contributed by atoms with E-state index in [0.717, 1.165) is 9.26 Å². The Labute approximate surface area is 120 Å². The van der Waals surface area contributed by atoms with E-state index in [0.29, 0.717) is 17.4 Å². The summed E-state index contributed by atoms with van der Waals surface area (Å²) >= 11 is 8.06. The van der Waals surface area contributed by atoms with Crippen molar-refractivity contribution >= 4 is 45.8 Å². The molecular formula is C13H15ClINO. The number of nitrogens with one attached hydrogen (secondary N) is 1. The molecule has 1 aromatic carbocycles. The third-order valence-electron chi connectivity index (χ3n) is 3.15. The first-order valence-electron chi connectivity index (χ1n) is 5.90. The minimum absolute atomic E-state index is 0.122. The zero-order chi connectivity index (χ0) is 12.3. The SMILES string of the molecule is O=C(CC1CCCC1)Nc1ccc(Cl)cc1I. The number of benzene rings is 1. The highest BCUT2D eigenvalue weighted by Gasteiger charge is 2.18. The number of anilines is 1. The standard InChI is InChI=1S/C13H15ClINO/c14-10-5-6-12(11(15)8-10)16-13(17)7-9-3-1-2-4-9/h5-6,8-9H,1-4,7H2,(H,16,17). The van der Waals surface area contributed by atoms with Crippen LogP contribution < -0.4 is 5.32 Å². The van der Waals surface area contributed by atoms with Gasteiger partial charge in [-0.05, 0) is 59.5 Å². The molecule has 0 spiro atoms. The highest BCUT2D eigenvalue weighted by molar-refractivity contribution is 14.1. The molecule has 1 aliphatic carbocycles. The predicted octanol–water partition coefficient (Wildman–Crippen LogP) is 4.46. The Bertz CT molecular complexity index is 416. The lowest BCUT2D eigenvalue weighted by Crippen LogP contribution is -2.15. The van der Waals surface area contributed by atoms with Crippen LogP contribution >= 0.6 is 34.2 Å². The molecule has 1 amide bonds. The number of hydrogen-bond donors (Lipinski definition) is 1. The minimum Gasteiger partial charge on any atom is -0.325 e. The van der Waals surface area contributed by atoms with E-state index < -0.39 is 0 Å². The number of halogens is 2. The van der Waals surface area contributed by atoms with Crippen molar-refractivity contribution in [2.24, 2.45) is 5.92 Å². The average Bonchev–Trinajstić information content (AvgIpc) is 2.75. The highest BCUT2D eigenvalue weighted by atomic mass is 127. The lowest BCUT2D eigenvalue weighted by molar-refractivity contribution is -0.117. The van der Waals surface area contributed by atoms with E-state index in [4.69, 9.17) is 11.6 Å². The molecule has 17 heavy (non-hydrogen) atoms. The highest BCUT2D eigenvalue weighted by Crippen LogP contribution is 2.28.